The number of hydrogen-bond donors (Lipinski definition) is 1. The number of carbonyl (C=O) groups is 3. The van der Waals surface area contributed by atoms with Crippen LogP contribution in [0.15, 0.2) is 29.8 Å². The van der Waals surface area contributed by atoms with Crippen molar-refractivity contribution in [3.8, 4) is 0 Å². The van der Waals surface area contributed by atoms with Crippen molar-refractivity contribution in [3.05, 3.63) is 35.4 Å². The second-order valence-corrected chi connectivity index (χ2v) is 3.63. The highest BCUT2D eigenvalue weighted by atomic mass is 16.5. The van der Waals surface area contributed by atoms with Crippen LogP contribution in [0.3, 0.4) is 0 Å². The first-order valence-electron chi connectivity index (χ1n) is 5.46. The van der Waals surface area contributed by atoms with Crippen molar-refractivity contribution < 1.29 is 19.1 Å². The van der Waals surface area contributed by atoms with Crippen molar-refractivity contribution >= 4 is 29.4 Å². The first kappa shape index (κ1) is 12.0. The van der Waals surface area contributed by atoms with Crippen LogP contribution in [-0.4, -0.2) is 24.8 Å². The summed E-state index contributed by atoms with van der Waals surface area (Å²) >= 11 is 0. The fourth-order valence-electron chi connectivity index (χ4n) is 1.80. The van der Waals surface area contributed by atoms with E-state index in [-0.39, 0.29) is 17.8 Å². The lowest BCUT2D eigenvalue weighted by molar-refractivity contribution is -0.139. The third-order valence-electron chi connectivity index (χ3n) is 2.55. The van der Waals surface area contributed by atoms with E-state index in [1.165, 1.54) is 0 Å². The lowest BCUT2D eigenvalue weighted by Crippen LogP contribution is -2.14. The quantitative estimate of drug-likeness (QED) is 0.285. The summed E-state index contributed by atoms with van der Waals surface area (Å²) in [4.78, 5) is 34.5. The fraction of sp³-hybridized carbons (Fsp3) is 0.154. The maximum Gasteiger partial charge on any atom is 0.342 e. The molecule has 1 N–H and O–H groups in total. The summed E-state index contributed by atoms with van der Waals surface area (Å²) in [7, 11) is 0. The molecule has 1 aliphatic heterocycles. The van der Waals surface area contributed by atoms with Crippen LogP contribution < -0.4 is 5.32 Å². The molecule has 0 aromatic heterocycles. The topological polar surface area (TPSA) is 72.5 Å². The summed E-state index contributed by atoms with van der Waals surface area (Å²) in [6.45, 7) is 1.78. The maximum atomic E-state index is 11.8. The zero-order valence-electron chi connectivity index (χ0n) is 9.73. The van der Waals surface area contributed by atoms with E-state index in [1.807, 2.05) is 0 Å². The van der Waals surface area contributed by atoms with Gasteiger partial charge < -0.3 is 10.1 Å². The van der Waals surface area contributed by atoms with Gasteiger partial charge in [-0.25, -0.2) is 4.79 Å². The van der Waals surface area contributed by atoms with Gasteiger partial charge in [0.25, 0.3) is 5.91 Å². The molecule has 0 saturated heterocycles. The molecule has 1 aromatic carbocycles. The van der Waals surface area contributed by atoms with Crippen LogP contribution in [0.25, 0.3) is 5.57 Å². The summed E-state index contributed by atoms with van der Waals surface area (Å²) < 4.78 is 4.76. The average molecular weight is 245 g/mol. The first-order chi connectivity index (χ1) is 8.69. The number of fused-ring (bicyclic) bond motifs is 1. The van der Waals surface area contributed by atoms with Gasteiger partial charge in [-0.1, -0.05) is 18.2 Å². The Morgan fingerprint density at radius 3 is 2.78 bits per heavy atom. The van der Waals surface area contributed by atoms with Crippen LogP contribution in [0.2, 0.25) is 0 Å². The molecule has 5 nitrogen and oxygen atoms in total. The maximum absolute atomic E-state index is 11.8. The normalized spacial score (nSPS) is 15.7. The summed E-state index contributed by atoms with van der Waals surface area (Å²) in [6.07, 6.45) is 0.356. The Hall–Kier alpha value is -2.43. The Bertz CT molecular complexity index is 560. The second kappa shape index (κ2) is 4.83. The number of nitrogens with one attached hydrogen (secondary N) is 1. The molecule has 1 aromatic rings. The molecule has 1 amide bonds. The van der Waals surface area contributed by atoms with Gasteiger partial charge in [0.2, 0.25) is 0 Å². The fourth-order valence-corrected chi connectivity index (χ4v) is 1.80. The van der Waals surface area contributed by atoms with E-state index in [9.17, 15) is 14.4 Å². The zero-order valence-corrected chi connectivity index (χ0v) is 9.73. The van der Waals surface area contributed by atoms with E-state index < -0.39 is 11.9 Å². The minimum Gasteiger partial charge on any atom is -0.462 e. The highest BCUT2D eigenvalue weighted by molar-refractivity contribution is 6.38. The standard InChI is InChI=1S/C13H11NO4/c1-2-18-13(17)9(7-15)11-8-5-3-4-6-10(8)14-12(11)16/h3-7H,2H2,1H3,(H,14,16)/b11-9+. The molecule has 92 valence electrons. The molecule has 5 heteroatoms. The van der Waals surface area contributed by atoms with E-state index in [1.54, 1.807) is 31.2 Å². The van der Waals surface area contributed by atoms with E-state index >= 15 is 0 Å². The largest absolute Gasteiger partial charge is 0.462 e. The van der Waals surface area contributed by atoms with E-state index in [0.717, 1.165) is 0 Å². The lowest BCUT2D eigenvalue weighted by Gasteiger charge is -2.03. The van der Waals surface area contributed by atoms with Gasteiger partial charge in [0.15, 0.2) is 6.29 Å². The van der Waals surface area contributed by atoms with Crippen molar-refractivity contribution in [2.24, 2.45) is 0 Å². The molecule has 0 unspecified atom stereocenters. The number of ether oxygens (including phenoxy) is 1. The van der Waals surface area contributed by atoms with Gasteiger partial charge in [-0.3, -0.25) is 9.59 Å². The van der Waals surface area contributed by atoms with Crippen LogP contribution >= 0.6 is 0 Å². The predicted octanol–water partition coefficient (Wildman–Crippen LogP) is 1.15. The second-order valence-electron chi connectivity index (χ2n) is 3.63. The molecule has 0 radical (unpaired) electrons. The van der Waals surface area contributed by atoms with Gasteiger partial charge in [0.05, 0.1) is 12.2 Å². The van der Waals surface area contributed by atoms with Crippen LogP contribution in [0.1, 0.15) is 12.5 Å². The summed E-state index contributed by atoms with van der Waals surface area (Å²) in [5.74, 6) is -1.25. The van der Waals surface area contributed by atoms with Crippen molar-refractivity contribution in [1.29, 1.82) is 0 Å². The predicted molar refractivity (Wildman–Crippen MR) is 64.7 cm³/mol. The number of amides is 1. The molecule has 0 spiro atoms. The van der Waals surface area contributed by atoms with Gasteiger partial charge in [-0.2, -0.15) is 0 Å². The van der Waals surface area contributed by atoms with E-state index in [0.29, 0.717) is 17.5 Å². The van der Waals surface area contributed by atoms with Crippen LogP contribution in [-0.2, 0) is 19.1 Å². The smallest absolute Gasteiger partial charge is 0.342 e. The van der Waals surface area contributed by atoms with Gasteiger partial charge in [-0.05, 0) is 13.0 Å². The first-order valence-corrected chi connectivity index (χ1v) is 5.46. The number of aldehydes is 1. The van der Waals surface area contributed by atoms with Crippen molar-refractivity contribution in [3.63, 3.8) is 0 Å². The van der Waals surface area contributed by atoms with E-state index in [2.05, 4.69) is 5.32 Å². The minimum atomic E-state index is -0.783. The SMILES string of the molecule is CCOC(=O)/C(C=O)=C1/C(=O)Nc2ccccc21. The van der Waals surface area contributed by atoms with Gasteiger partial charge in [0.1, 0.15) is 5.57 Å². The average Bonchev–Trinajstić information content (AvgIpc) is 2.68. The Labute approximate surface area is 103 Å². The number of para-hydroxylation sites is 1. The Balaban J connectivity index is 2.57. The molecule has 0 atom stereocenters. The summed E-state index contributed by atoms with van der Waals surface area (Å²) in [5, 5.41) is 2.60. The Kier molecular flexibility index (Phi) is 3.23. The lowest BCUT2D eigenvalue weighted by atomic mass is 10.0. The summed E-state index contributed by atoms with van der Waals surface area (Å²) in [5.41, 5.74) is 0.942. The monoisotopic (exact) mass is 245 g/mol. The zero-order chi connectivity index (χ0) is 13.1. The van der Waals surface area contributed by atoms with Gasteiger partial charge in [-0.15, -0.1) is 0 Å². The molecule has 1 aliphatic rings. The van der Waals surface area contributed by atoms with Crippen LogP contribution in [0.4, 0.5) is 5.69 Å². The van der Waals surface area contributed by atoms with Crippen molar-refractivity contribution in [2.45, 2.75) is 6.92 Å². The molecule has 18 heavy (non-hydrogen) atoms. The minimum absolute atomic E-state index is 0.0686. The van der Waals surface area contributed by atoms with Crippen LogP contribution in [0, 0.1) is 0 Å². The van der Waals surface area contributed by atoms with Crippen molar-refractivity contribution in [1.82, 2.24) is 0 Å². The number of carbonyl (C=O) groups excluding carboxylic acids is 3. The molecule has 2 rings (SSSR count). The highest BCUT2D eigenvalue weighted by Crippen LogP contribution is 2.33. The summed E-state index contributed by atoms with van der Waals surface area (Å²) in [6, 6.07) is 6.86. The molecule has 0 saturated carbocycles. The number of benzene rings is 1. The highest BCUT2D eigenvalue weighted by Gasteiger charge is 2.30. The number of rotatable bonds is 3. The number of anilines is 1. The third kappa shape index (κ3) is 1.90. The van der Waals surface area contributed by atoms with Crippen molar-refractivity contribution in [2.75, 3.05) is 11.9 Å². The van der Waals surface area contributed by atoms with Gasteiger partial charge in [0, 0.05) is 11.3 Å². The molecule has 1 heterocycles. The molecule has 0 bridgehead atoms. The molecule has 0 aliphatic carbocycles. The molecule has 0 fully saturated rings. The van der Waals surface area contributed by atoms with Gasteiger partial charge >= 0.3 is 5.97 Å². The van der Waals surface area contributed by atoms with Crippen LogP contribution in [0.5, 0.6) is 0 Å². The van der Waals surface area contributed by atoms with E-state index in [4.69, 9.17) is 4.74 Å². The third-order valence-corrected chi connectivity index (χ3v) is 2.55. The Morgan fingerprint density at radius 1 is 1.39 bits per heavy atom. The Morgan fingerprint density at radius 2 is 2.11 bits per heavy atom. The number of hydrogen-bond acceptors (Lipinski definition) is 4. The molecular formula is C13H11NO4. The number of esters is 1. The molecular weight excluding hydrogens is 234 g/mol.